The number of nitrogen functional groups attached to an aromatic ring is 1. The molecule has 0 unspecified atom stereocenters. The van der Waals surface area contributed by atoms with Gasteiger partial charge in [-0.2, -0.15) is 4.98 Å². The molecule has 3 rings (SSSR count). The summed E-state index contributed by atoms with van der Waals surface area (Å²) in [6.45, 7) is 4.27. The minimum absolute atomic E-state index is 0.197. The van der Waals surface area contributed by atoms with Gasteiger partial charge in [0, 0.05) is 31.2 Å². The van der Waals surface area contributed by atoms with Crippen molar-refractivity contribution in [2.24, 2.45) is 0 Å². The van der Waals surface area contributed by atoms with E-state index in [1.54, 1.807) is 6.07 Å². The number of benzene rings is 1. The first-order valence-corrected chi connectivity index (χ1v) is 7.85. The third-order valence-corrected chi connectivity index (χ3v) is 4.31. The van der Waals surface area contributed by atoms with Crippen LogP contribution in [0, 0.1) is 0 Å². The van der Waals surface area contributed by atoms with Crippen LogP contribution in [0.5, 0.6) is 0 Å². The van der Waals surface area contributed by atoms with E-state index in [9.17, 15) is 0 Å². The van der Waals surface area contributed by atoms with Crippen molar-refractivity contribution in [2.75, 3.05) is 24.1 Å². The number of nitrogens with one attached hydrogen (secondary N) is 1. The van der Waals surface area contributed by atoms with Gasteiger partial charge in [0.05, 0.1) is 0 Å². The minimum Gasteiger partial charge on any atom is -0.368 e. The fourth-order valence-corrected chi connectivity index (χ4v) is 3.11. The summed E-state index contributed by atoms with van der Waals surface area (Å²) in [6.07, 6.45) is 1.07. The highest BCUT2D eigenvalue weighted by molar-refractivity contribution is 6.29. The summed E-state index contributed by atoms with van der Waals surface area (Å²) >= 11 is 5.91. The molecule has 1 fully saturated rings. The normalized spacial score (nSPS) is 20.0. The van der Waals surface area contributed by atoms with Crippen molar-refractivity contribution in [1.29, 1.82) is 0 Å². The molecule has 0 spiro atoms. The first-order chi connectivity index (χ1) is 10.6. The van der Waals surface area contributed by atoms with Crippen LogP contribution in [-0.2, 0) is 0 Å². The number of likely N-dealkylation sites (tertiary alicyclic amines) is 1. The molecule has 0 saturated carbocycles. The highest BCUT2D eigenvalue weighted by Gasteiger charge is 2.26. The Morgan fingerprint density at radius 2 is 2.09 bits per heavy atom. The van der Waals surface area contributed by atoms with Crippen LogP contribution in [0.25, 0.3) is 0 Å². The Bertz CT molecular complexity index is 613. The second kappa shape index (κ2) is 6.50. The number of aromatic nitrogens is 2. The minimum atomic E-state index is 0.197. The molecule has 2 heterocycles. The van der Waals surface area contributed by atoms with E-state index in [1.165, 1.54) is 5.56 Å². The Labute approximate surface area is 135 Å². The van der Waals surface area contributed by atoms with Crippen LogP contribution in [0.15, 0.2) is 36.4 Å². The van der Waals surface area contributed by atoms with Crippen molar-refractivity contribution in [3.63, 3.8) is 0 Å². The fraction of sp³-hybridized carbons (Fsp3) is 0.375. The van der Waals surface area contributed by atoms with Crippen LogP contribution >= 0.6 is 11.6 Å². The summed E-state index contributed by atoms with van der Waals surface area (Å²) in [5, 5.41) is 3.77. The first-order valence-electron chi connectivity index (χ1n) is 7.47. The van der Waals surface area contributed by atoms with Gasteiger partial charge < -0.3 is 11.1 Å². The predicted molar refractivity (Wildman–Crippen MR) is 89.9 cm³/mol. The number of rotatable bonds is 4. The van der Waals surface area contributed by atoms with E-state index in [4.69, 9.17) is 17.3 Å². The predicted octanol–water partition coefficient (Wildman–Crippen LogP) is 2.96. The van der Waals surface area contributed by atoms with Gasteiger partial charge in [0.25, 0.3) is 0 Å². The molecule has 0 radical (unpaired) electrons. The summed E-state index contributed by atoms with van der Waals surface area (Å²) in [7, 11) is 0. The molecule has 22 heavy (non-hydrogen) atoms. The van der Waals surface area contributed by atoms with E-state index in [2.05, 4.69) is 51.4 Å². The Balaban J connectivity index is 1.62. The number of hydrogen-bond donors (Lipinski definition) is 2. The summed E-state index contributed by atoms with van der Waals surface area (Å²) in [6, 6.07) is 13.0. The molecule has 1 aromatic heterocycles. The number of halogens is 1. The molecule has 1 aliphatic heterocycles. The van der Waals surface area contributed by atoms with Gasteiger partial charge in [0.1, 0.15) is 11.0 Å². The van der Waals surface area contributed by atoms with Crippen LogP contribution in [0.2, 0.25) is 5.15 Å². The van der Waals surface area contributed by atoms with Gasteiger partial charge in [0.2, 0.25) is 5.95 Å². The van der Waals surface area contributed by atoms with Crippen LogP contribution in [0.1, 0.15) is 24.9 Å². The van der Waals surface area contributed by atoms with Crippen molar-refractivity contribution < 1.29 is 0 Å². The fourth-order valence-electron chi connectivity index (χ4n) is 2.92. The van der Waals surface area contributed by atoms with Crippen LogP contribution in [0.4, 0.5) is 11.8 Å². The third kappa shape index (κ3) is 3.48. The van der Waals surface area contributed by atoms with Gasteiger partial charge in [-0.25, -0.2) is 4.98 Å². The highest BCUT2D eigenvalue weighted by atomic mass is 35.5. The van der Waals surface area contributed by atoms with Crippen LogP contribution in [-0.4, -0.2) is 34.0 Å². The summed E-state index contributed by atoms with van der Waals surface area (Å²) in [4.78, 5) is 10.5. The Morgan fingerprint density at radius 1 is 1.32 bits per heavy atom. The average Bonchev–Trinajstić information content (AvgIpc) is 2.95. The SMILES string of the molecule is C[C@H](c1ccccc1)N1CC[C@@H](Nc2cc(Cl)nc(N)n2)C1. The topological polar surface area (TPSA) is 67.1 Å². The zero-order valence-electron chi connectivity index (χ0n) is 12.5. The lowest BCUT2D eigenvalue weighted by Crippen LogP contribution is -2.28. The molecule has 1 saturated heterocycles. The molecule has 2 atom stereocenters. The molecule has 2 aromatic rings. The number of nitrogens with zero attached hydrogens (tertiary/aromatic N) is 3. The molecule has 0 amide bonds. The zero-order chi connectivity index (χ0) is 15.5. The van der Waals surface area contributed by atoms with Crippen molar-refractivity contribution in [2.45, 2.75) is 25.4 Å². The van der Waals surface area contributed by atoms with Crippen molar-refractivity contribution in [3.05, 3.63) is 47.1 Å². The summed E-state index contributed by atoms with van der Waals surface area (Å²) in [5.74, 6) is 0.888. The molecule has 6 heteroatoms. The van der Waals surface area contributed by atoms with E-state index in [0.29, 0.717) is 23.1 Å². The van der Waals surface area contributed by atoms with Crippen molar-refractivity contribution >= 4 is 23.4 Å². The van der Waals surface area contributed by atoms with Gasteiger partial charge in [0.15, 0.2) is 0 Å². The quantitative estimate of drug-likeness (QED) is 0.849. The molecular weight excluding hydrogens is 298 g/mol. The molecule has 5 nitrogen and oxygen atoms in total. The molecule has 0 aliphatic carbocycles. The largest absolute Gasteiger partial charge is 0.368 e. The molecule has 1 aromatic carbocycles. The molecule has 3 N–H and O–H groups in total. The van der Waals surface area contributed by atoms with E-state index >= 15 is 0 Å². The Hall–Kier alpha value is -1.85. The smallest absolute Gasteiger partial charge is 0.223 e. The van der Waals surface area contributed by atoms with Gasteiger partial charge in [-0.1, -0.05) is 41.9 Å². The lowest BCUT2D eigenvalue weighted by atomic mass is 10.1. The van der Waals surface area contributed by atoms with Gasteiger partial charge in [-0.05, 0) is 18.9 Å². The molecular formula is C16H20ClN5. The lowest BCUT2D eigenvalue weighted by Gasteiger charge is -2.25. The van der Waals surface area contributed by atoms with Gasteiger partial charge in [-0.15, -0.1) is 0 Å². The van der Waals surface area contributed by atoms with Crippen molar-refractivity contribution in [3.8, 4) is 0 Å². The molecule has 1 aliphatic rings. The third-order valence-electron chi connectivity index (χ3n) is 4.11. The standard InChI is InChI=1S/C16H20ClN5/c1-11(12-5-3-2-4-6-12)22-8-7-13(10-22)19-15-9-14(17)20-16(18)21-15/h2-6,9,11,13H,7-8,10H2,1H3,(H3,18,19,20,21)/t11-,13-/m1/s1. The number of hydrogen-bond acceptors (Lipinski definition) is 5. The monoisotopic (exact) mass is 317 g/mol. The average molecular weight is 318 g/mol. The van der Waals surface area contributed by atoms with Gasteiger partial charge in [-0.3, -0.25) is 4.90 Å². The van der Waals surface area contributed by atoms with Crippen molar-refractivity contribution in [1.82, 2.24) is 14.9 Å². The Kier molecular flexibility index (Phi) is 4.45. The Morgan fingerprint density at radius 3 is 2.82 bits per heavy atom. The van der Waals surface area contributed by atoms with Crippen LogP contribution in [0.3, 0.4) is 0 Å². The highest BCUT2D eigenvalue weighted by Crippen LogP contribution is 2.26. The van der Waals surface area contributed by atoms with E-state index < -0.39 is 0 Å². The number of anilines is 2. The van der Waals surface area contributed by atoms with Crippen LogP contribution < -0.4 is 11.1 Å². The molecule has 0 bridgehead atoms. The molecule has 116 valence electrons. The van der Waals surface area contributed by atoms with E-state index in [0.717, 1.165) is 19.5 Å². The van der Waals surface area contributed by atoms with E-state index in [-0.39, 0.29) is 5.95 Å². The maximum atomic E-state index is 5.91. The van der Waals surface area contributed by atoms with Gasteiger partial charge >= 0.3 is 0 Å². The maximum absolute atomic E-state index is 5.91. The zero-order valence-corrected chi connectivity index (χ0v) is 13.3. The summed E-state index contributed by atoms with van der Waals surface area (Å²) in [5.41, 5.74) is 6.97. The lowest BCUT2D eigenvalue weighted by molar-refractivity contribution is 0.261. The maximum Gasteiger partial charge on any atom is 0.223 e. The number of nitrogens with two attached hydrogens (primary N) is 1. The second-order valence-electron chi connectivity index (χ2n) is 5.65. The van der Waals surface area contributed by atoms with E-state index in [1.807, 2.05) is 6.07 Å². The first kappa shape index (κ1) is 15.1. The summed E-state index contributed by atoms with van der Waals surface area (Å²) < 4.78 is 0. The second-order valence-corrected chi connectivity index (χ2v) is 6.03.